The van der Waals surface area contributed by atoms with Crippen molar-refractivity contribution in [2.75, 3.05) is 37.8 Å². The minimum Gasteiger partial charge on any atom is -0.386 e. The van der Waals surface area contributed by atoms with Crippen LogP contribution in [0.1, 0.15) is 59.1 Å². The first-order valence-electron chi connectivity index (χ1n) is 17.3. The molecule has 2 amide bonds. The van der Waals surface area contributed by atoms with Gasteiger partial charge in [0.2, 0.25) is 16.9 Å². The molecule has 7 atom stereocenters. The van der Waals surface area contributed by atoms with Crippen LogP contribution in [-0.2, 0) is 50.7 Å². The highest BCUT2D eigenvalue weighted by Gasteiger charge is 2.50. The maximum absolute atomic E-state index is 12.7. The van der Waals surface area contributed by atoms with Crippen LogP contribution >= 0.6 is 35.2 Å². The van der Waals surface area contributed by atoms with Gasteiger partial charge in [-0.3, -0.25) is 32.5 Å². The molecule has 1 fully saturated rings. The van der Waals surface area contributed by atoms with E-state index in [0.29, 0.717) is 5.75 Å². The maximum Gasteiger partial charge on any atom is 0.481 e. The number of fused-ring (bicyclic) bond motifs is 1. The number of nitrogen functional groups attached to an aromatic ring is 1. The van der Waals surface area contributed by atoms with Crippen LogP contribution < -0.4 is 16.4 Å². The molecule has 10 N–H and O–H groups in total. The summed E-state index contributed by atoms with van der Waals surface area (Å²) in [4.78, 5) is 87.5. The van der Waals surface area contributed by atoms with Crippen molar-refractivity contribution in [2.45, 2.75) is 83.5 Å². The average Bonchev–Trinajstić information content (AvgIpc) is 3.68. The molecule has 322 valence electrons. The number of nitrogens with one attached hydrogen (secondary N) is 2. The van der Waals surface area contributed by atoms with Gasteiger partial charge in [-0.05, 0) is 18.9 Å². The lowest BCUT2D eigenvalue weighted by molar-refractivity contribution is -0.137. The second-order valence-electron chi connectivity index (χ2n) is 13.1. The Morgan fingerprint density at radius 1 is 1.07 bits per heavy atom. The minimum absolute atomic E-state index is 0.0310. The van der Waals surface area contributed by atoms with Crippen LogP contribution in [0.5, 0.6) is 0 Å². The van der Waals surface area contributed by atoms with Gasteiger partial charge >= 0.3 is 23.5 Å². The molecule has 3 heterocycles. The molecule has 0 aromatic carbocycles. The average molecular weight is 892 g/mol. The molecule has 1 aliphatic heterocycles. The van der Waals surface area contributed by atoms with Crippen molar-refractivity contribution < 1.29 is 80.5 Å². The van der Waals surface area contributed by atoms with Gasteiger partial charge in [0.1, 0.15) is 36.3 Å². The van der Waals surface area contributed by atoms with Crippen LogP contribution in [0, 0.1) is 5.41 Å². The first-order chi connectivity index (χ1) is 26.6. The van der Waals surface area contributed by atoms with Crippen molar-refractivity contribution in [1.82, 2.24) is 30.2 Å². The molecule has 0 radical (unpaired) electrons. The van der Waals surface area contributed by atoms with Crippen LogP contribution in [0.3, 0.4) is 0 Å². The number of phosphoric acid groups is 3. The number of rotatable bonds is 24. The van der Waals surface area contributed by atoms with Crippen molar-refractivity contribution in [2.24, 2.45) is 5.41 Å². The number of aliphatic hydroxyl groups is 2. The van der Waals surface area contributed by atoms with E-state index in [-0.39, 0.29) is 41.6 Å². The summed E-state index contributed by atoms with van der Waals surface area (Å²) in [6, 6.07) is 0. The number of phosphoric ester groups is 3. The second-order valence-corrected chi connectivity index (χ2v) is 18.5. The predicted molar refractivity (Wildman–Crippen MR) is 200 cm³/mol. The molecule has 0 spiro atoms. The molecule has 0 saturated carbocycles. The number of allylic oxidation sites excluding steroid dienone is 1. The second kappa shape index (κ2) is 21.5. The third-order valence-corrected chi connectivity index (χ3v) is 11.9. The number of aromatic nitrogens is 4. The van der Waals surface area contributed by atoms with Crippen LogP contribution in [0.2, 0.25) is 0 Å². The van der Waals surface area contributed by atoms with Crippen LogP contribution in [0.25, 0.3) is 11.2 Å². The molecule has 2 aromatic heterocycles. The lowest BCUT2D eigenvalue weighted by Crippen LogP contribution is -2.46. The van der Waals surface area contributed by atoms with Crippen LogP contribution in [0.15, 0.2) is 24.8 Å². The summed E-state index contributed by atoms with van der Waals surface area (Å²) in [5.41, 5.74) is 4.26. The highest BCUT2D eigenvalue weighted by molar-refractivity contribution is 8.14. The molecule has 3 rings (SSSR count). The van der Waals surface area contributed by atoms with E-state index in [1.165, 1.54) is 19.9 Å². The number of anilines is 1. The van der Waals surface area contributed by atoms with Crippen molar-refractivity contribution in [3.63, 3.8) is 0 Å². The smallest absolute Gasteiger partial charge is 0.386 e. The number of aliphatic hydroxyl groups excluding tert-OH is 2. The van der Waals surface area contributed by atoms with Crippen LogP contribution in [0.4, 0.5) is 5.82 Å². The number of thioether (sulfide) groups is 1. The molecule has 24 nitrogen and oxygen atoms in total. The molecule has 28 heteroatoms. The van der Waals surface area contributed by atoms with E-state index in [1.54, 1.807) is 0 Å². The lowest BCUT2D eigenvalue weighted by atomic mass is 9.87. The van der Waals surface area contributed by atoms with Crippen molar-refractivity contribution >= 4 is 69.1 Å². The molecule has 57 heavy (non-hydrogen) atoms. The third kappa shape index (κ3) is 15.8. The number of nitrogens with zero attached hydrogens (tertiary/aromatic N) is 4. The van der Waals surface area contributed by atoms with E-state index < -0.39 is 84.6 Å². The first kappa shape index (κ1) is 48.7. The molecule has 1 aliphatic rings. The molecule has 1 saturated heterocycles. The van der Waals surface area contributed by atoms with Gasteiger partial charge in [-0.15, -0.1) is 0 Å². The standard InChI is InChI=1S/C29H48N7O17P3S/c1-4-5-6-7-8-9-20(38)57-13-12-31-19(37)10-11-32-27(41)24(40)29(2,3)15-50-56(47,48)53-55(45,46)49-14-18-23(52-54(42,43)44)22(39)28(51-18)36-17-35-21-25(30)33-16-34-26(21)36/h8-9,16-18,22-24,28,39-40H,4-7,10-15H2,1-3H3,(H,31,37)(H,32,41)(H,45,46)(H,47,48)(H2,30,33,34)(H2,42,43,44)/t18-,22-,23-,24+,28-/m1/s1. The topological polar surface area (TPSA) is 364 Å². The maximum atomic E-state index is 12.7. The van der Waals surface area contributed by atoms with E-state index in [4.69, 9.17) is 19.5 Å². The number of unbranched alkanes of at least 4 members (excludes halogenated alkanes) is 3. The molecule has 0 aliphatic carbocycles. The van der Waals surface area contributed by atoms with E-state index in [1.807, 2.05) is 6.08 Å². The molecule has 2 aromatic rings. The van der Waals surface area contributed by atoms with Gasteiger partial charge in [-0.25, -0.2) is 28.6 Å². The van der Waals surface area contributed by atoms with Gasteiger partial charge in [-0.2, -0.15) is 4.31 Å². The van der Waals surface area contributed by atoms with E-state index in [9.17, 15) is 57.9 Å². The molecular formula is C29H48N7O17P3S. The summed E-state index contributed by atoms with van der Waals surface area (Å²) in [5.74, 6) is -1.11. The Hall–Kier alpha value is -2.70. The Morgan fingerprint density at radius 3 is 2.46 bits per heavy atom. The highest BCUT2D eigenvalue weighted by Crippen LogP contribution is 2.61. The number of hydrogen-bond donors (Lipinski definition) is 9. The van der Waals surface area contributed by atoms with Crippen molar-refractivity contribution in [3.05, 3.63) is 24.8 Å². The molecule has 0 bridgehead atoms. The third-order valence-electron chi connectivity index (χ3n) is 7.97. The Morgan fingerprint density at radius 2 is 1.77 bits per heavy atom. The largest absolute Gasteiger partial charge is 0.481 e. The number of imidazole rings is 1. The Balaban J connectivity index is 1.46. The minimum atomic E-state index is -5.57. The van der Waals surface area contributed by atoms with E-state index in [0.717, 1.165) is 54.7 Å². The van der Waals surface area contributed by atoms with Gasteiger partial charge in [0.25, 0.3) is 0 Å². The van der Waals surface area contributed by atoms with Gasteiger partial charge in [0.15, 0.2) is 17.7 Å². The zero-order valence-electron chi connectivity index (χ0n) is 31.1. The summed E-state index contributed by atoms with van der Waals surface area (Å²) < 4.78 is 62.1. The lowest BCUT2D eigenvalue weighted by Gasteiger charge is -2.30. The zero-order chi connectivity index (χ0) is 42.6. The van der Waals surface area contributed by atoms with Gasteiger partial charge in [0.05, 0.1) is 19.5 Å². The fourth-order valence-corrected chi connectivity index (χ4v) is 8.45. The number of carbonyl (C=O) groups excluding carboxylic acids is 3. The monoisotopic (exact) mass is 891 g/mol. The summed E-state index contributed by atoms with van der Waals surface area (Å²) in [6.45, 7) is 2.59. The van der Waals surface area contributed by atoms with Gasteiger partial charge < -0.3 is 50.9 Å². The zero-order valence-corrected chi connectivity index (χ0v) is 34.6. The Kier molecular flexibility index (Phi) is 18.4. The van der Waals surface area contributed by atoms with Crippen molar-refractivity contribution in [3.8, 4) is 0 Å². The summed E-state index contributed by atoms with van der Waals surface area (Å²) in [5, 5.41) is 26.3. The number of nitrogens with two attached hydrogens (primary N) is 1. The molecular weight excluding hydrogens is 843 g/mol. The van der Waals surface area contributed by atoms with E-state index >= 15 is 0 Å². The number of hydrogen-bond acceptors (Lipinski definition) is 18. The fraction of sp³-hybridized carbons (Fsp3) is 0.655. The summed E-state index contributed by atoms with van der Waals surface area (Å²) in [7, 11) is -16.4. The SMILES string of the molecule is CCCCCC=CC(=O)SCCNC(=O)CCNC(=O)[C@H](O)C(C)(C)COP(=O)(O)OP(=O)(O)OC[C@H]1O[C@@H](n2cnc3c(N)ncnc32)[C@H](O)[C@@H]1OP(=O)(O)O. The fourth-order valence-electron chi connectivity index (χ4n) is 5.02. The summed E-state index contributed by atoms with van der Waals surface area (Å²) >= 11 is 1.05. The Bertz CT molecular complexity index is 1860. The van der Waals surface area contributed by atoms with E-state index in [2.05, 4.69) is 41.3 Å². The Labute approximate surface area is 330 Å². The quantitative estimate of drug-likeness (QED) is 0.0400. The van der Waals surface area contributed by atoms with Crippen molar-refractivity contribution in [1.29, 1.82) is 0 Å². The normalized spacial score (nSPS) is 21.6. The van der Waals surface area contributed by atoms with Crippen LogP contribution in [-0.4, -0.2) is 123 Å². The first-order valence-corrected chi connectivity index (χ1v) is 22.8. The number of amides is 2. The highest BCUT2D eigenvalue weighted by atomic mass is 32.2. The van der Waals surface area contributed by atoms with Gasteiger partial charge in [-0.1, -0.05) is 51.5 Å². The number of ether oxygens (including phenoxy) is 1. The predicted octanol–water partition coefficient (Wildman–Crippen LogP) is 0.801. The van der Waals surface area contributed by atoms with Gasteiger partial charge in [0, 0.05) is 30.7 Å². The number of carbonyl (C=O) groups is 3. The summed E-state index contributed by atoms with van der Waals surface area (Å²) in [6.07, 6.45) is 0.413. The molecule has 2 unspecified atom stereocenters.